The number of rotatable bonds is 11. The molecule has 116 valence electrons. The Morgan fingerprint density at radius 3 is 1.74 bits per heavy atom. The molecule has 0 bridgehead atoms. The van der Waals surface area contributed by atoms with Crippen molar-refractivity contribution in [2.24, 2.45) is 16.7 Å². The molecule has 0 spiro atoms. The van der Waals surface area contributed by atoms with Gasteiger partial charge in [0.05, 0.1) is 0 Å². The maximum atomic E-state index is 2.56. The van der Waals surface area contributed by atoms with Gasteiger partial charge in [0.15, 0.2) is 0 Å². The molecule has 0 saturated heterocycles. The standard InChI is InChI=1S/C19H40/c1-8-12-17(5)15-19(7,14-10-3)16-18(6,11-4)13-9-2/h17H,8-16H2,1-7H3. The summed E-state index contributed by atoms with van der Waals surface area (Å²) >= 11 is 0. The molecule has 0 aromatic carbocycles. The van der Waals surface area contributed by atoms with Crippen LogP contribution in [0.1, 0.15) is 106 Å². The Morgan fingerprint density at radius 2 is 1.32 bits per heavy atom. The third-order valence-corrected chi connectivity index (χ3v) is 5.04. The lowest BCUT2D eigenvalue weighted by atomic mass is 9.64. The third-order valence-electron chi connectivity index (χ3n) is 5.04. The normalized spacial score (nSPS) is 19.7. The Balaban J connectivity index is 4.75. The maximum Gasteiger partial charge on any atom is -0.0318 e. The van der Waals surface area contributed by atoms with Crippen LogP contribution in [0, 0.1) is 16.7 Å². The largest absolute Gasteiger partial charge is 0.0654 e. The SMILES string of the molecule is CCCC(C)CC(C)(CCC)CC(C)(CC)CCC. The highest BCUT2D eigenvalue weighted by Gasteiger charge is 2.34. The molecular weight excluding hydrogens is 228 g/mol. The Hall–Kier alpha value is 0. The van der Waals surface area contributed by atoms with Gasteiger partial charge in [0.1, 0.15) is 0 Å². The Bertz CT molecular complexity index is 220. The minimum Gasteiger partial charge on any atom is -0.0654 e. The van der Waals surface area contributed by atoms with Crippen LogP contribution in [0.2, 0.25) is 0 Å². The molecule has 0 aliphatic heterocycles. The van der Waals surface area contributed by atoms with Crippen molar-refractivity contribution in [1.82, 2.24) is 0 Å². The molecule has 0 rings (SSSR count). The average Bonchev–Trinajstić information content (AvgIpc) is 2.29. The minimum atomic E-state index is 0.559. The molecule has 3 unspecified atom stereocenters. The van der Waals surface area contributed by atoms with Gasteiger partial charge in [-0.3, -0.25) is 0 Å². The van der Waals surface area contributed by atoms with Crippen molar-refractivity contribution in [3.05, 3.63) is 0 Å². The molecule has 0 N–H and O–H groups in total. The summed E-state index contributed by atoms with van der Waals surface area (Å²) in [6, 6.07) is 0. The second-order valence-corrected chi connectivity index (χ2v) is 7.75. The van der Waals surface area contributed by atoms with Crippen LogP contribution in [0.15, 0.2) is 0 Å². The third kappa shape index (κ3) is 7.37. The smallest absolute Gasteiger partial charge is 0.0318 e. The summed E-state index contributed by atoms with van der Waals surface area (Å²) in [7, 11) is 0. The van der Waals surface area contributed by atoms with Gasteiger partial charge in [-0.15, -0.1) is 0 Å². The molecule has 19 heavy (non-hydrogen) atoms. The van der Waals surface area contributed by atoms with E-state index in [2.05, 4.69) is 48.5 Å². The van der Waals surface area contributed by atoms with Crippen LogP contribution in [0.4, 0.5) is 0 Å². The zero-order valence-corrected chi connectivity index (χ0v) is 14.9. The van der Waals surface area contributed by atoms with E-state index < -0.39 is 0 Å². The molecule has 0 aliphatic carbocycles. The first kappa shape index (κ1) is 19.0. The van der Waals surface area contributed by atoms with Crippen LogP contribution in [-0.4, -0.2) is 0 Å². The first-order chi connectivity index (χ1) is 8.84. The first-order valence-corrected chi connectivity index (χ1v) is 8.84. The van der Waals surface area contributed by atoms with Crippen molar-refractivity contribution >= 4 is 0 Å². The van der Waals surface area contributed by atoms with E-state index in [9.17, 15) is 0 Å². The zero-order chi connectivity index (χ0) is 14.9. The van der Waals surface area contributed by atoms with E-state index in [4.69, 9.17) is 0 Å². The predicted molar refractivity (Wildman–Crippen MR) is 89.6 cm³/mol. The molecule has 0 aliphatic rings. The molecule has 0 nitrogen and oxygen atoms in total. The van der Waals surface area contributed by atoms with E-state index in [-0.39, 0.29) is 0 Å². The van der Waals surface area contributed by atoms with E-state index in [1.54, 1.807) is 0 Å². The molecule has 3 atom stereocenters. The molecule has 0 fully saturated rings. The Kier molecular flexibility index (Phi) is 9.03. The first-order valence-electron chi connectivity index (χ1n) is 8.84. The van der Waals surface area contributed by atoms with Gasteiger partial charge in [-0.05, 0) is 42.4 Å². The van der Waals surface area contributed by atoms with Crippen LogP contribution in [0.3, 0.4) is 0 Å². The van der Waals surface area contributed by atoms with E-state index in [0.717, 1.165) is 5.92 Å². The van der Waals surface area contributed by atoms with Crippen LogP contribution in [0.5, 0.6) is 0 Å². The lowest BCUT2D eigenvalue weighted by Gasteiger charge is -2.41. The lowest BCUT2D eigenvalue weighted by Crippen LogP contribution is -2.29. The van der Waals surface area contributed by atoms with Crippen molar-refractivity contribution in [1.29, 1.82) is 0 Å². The highest BCUT2D eigenvalue weighted by molar-refractivity contribution is 4.85. The fraction of sp³-hybridized carbons (Fsp3) is 1.00. The van der Waals surface area contributed by atoms with Gasteiger partial charge in [-0.25, -0.2) is 0 Å². The molecule has 0 heteroatoms. The average molecular weight is 269 g/mol. The molecule has 0 saturated carbocycles. The van der Waals surface area contributed by atoms with Crippen LogP contribution in [0.25, 0.3) is 0 Å². The minimum absolute atomic E-state index is 0.559. The topological polar surface area (TPSA) is 0 Å². The summed E-state index contributed by atoms with van der Waals surface area (Å²) in [6.07, 6.45) is 12.4. The fourth-order valence-corrected chi connectivity index (χ4v) is 4.33. The Labute approximate surface area is 123 Å². The van der Waals surface area contributed by atoms with Gasteiger partial charge < -0.3 is 0 Å². The maximum absolute atomic E-state index is 2.56. The van der Waals surface area contributed by atoms with Gasteiger partial charge in [-0.1, -0.05) is 80.6 Å². The highest BCUT2D eigenvalue weighted by atomic mass is 14.4. The van der Waals surface area contributed by atoms with Gasteiger partial charge >= 0.3 is 0 Å². The summed E-state index contributed by atoms with van der Waals surface area (Å²) in [5.74, 6) is 0.893. The fourth-order valence-electron chi connectivity index (χ4n) is 4.33. The van der Waals surface area contributed by atoms with Crippen molar-refractivity contribution < 1.29 is 0 Å². The van der Waals surface area contributed by atoms with Crippen LogP contribution in [-0.2, 0) is 0 Å². The molecule has 0 aromatic heterocycles. The molecule has 0 radical (unpaired) electrons. The van der Waals surface area contributed by atoms with E-state index in [0.29, 0.717) is 10.8 Å². The molecular formula is C19H40. The van der Waals surface area contributed by atoms with Gasteiger partial charge in [0.25, 0.3) is 0 Å². The van der Waals surface area contributed by atoms with Crippen molar-refractivity contribution in [2.45, 2.75) is 106 Å². The Morgan fingerprint density at radius 1 is 0.789 bits per heavy atom. The quantitative estimate of drug-likeness (QED) is 0.371. The van der Waals surface area contributed by atoms with E-state index >= 15 is 0 Å². The van der Waals surface area contributed by atoms with Gasteiger partial charge in [-0.2, -0.15) is 0 Å². The van der Waals surface area contributed by atoms with Crippen LogP contribution >= 0.6 is 0 Å². The monoisotopic (exact) mass is 268 g/mol. The van der Waals surface area contributed by atoms with E-state index in [1.165, 1.54) is 57.8 Å². The second-order valence-electron chi connectivity index (χ2n) is 7.75. The highest BCUT2D eigenvalue weighted by Crippen LogP contribution is 2.46. The summed E-state index contributed by atoms with van der Waals surface area (Å²) in [4.78, 5) is 0. The lowest BCUT2D eigenvalue weighted by molar-refractivity contribution is 0.105. The summed E-state index contributed by atoms with van der Waals surface area (Å²) in [6.45, 7) is 16.9. The second kappa shape index (κ2) is 9.03. The van der Waals surface area contributed by atoms with E-state index in [1.807, 2.05) is 0 Å². The molecule has 0 aromatic rings. The summed E-state index contributed by atoms with van der Waals surface area (Å²) in [5.41, 5.74) is 1.12. The zero-order valence-electron chi connectivity index (χ0n) is 14.9. The molecule has 0 heterocycles. The van der Waals surface area contributed by atoms with Gasteiger partial charge in [0.2, 0.25) is 0 Å². The van der Waals surface area contributed by atoms with Crippen molar-refractivity contribution in [3.8, 4) is 0 Å². The van der Waals surface area contributed by atoms with Gasteiger partial charge in [0, 0.05) is 0 Å². The number of hydrogen-bond donors (Lipinski definition) is 0. The summed E-state index contributed by atoms with van der Waals surface area (Å²) in [5, 5.41) is 0. The predicted octanol–water partition coefficient (Wildman–Crippen LogP) is 7.23. The summed E-state index contributed by atoms with van der Waals surface area (Å²) < 4.78 is 0. The van der Waals surface area contributed by atoms with Crippen LogP contribution < -0.4 is 0 Å². The van der Waals surface area contributed by atoms with Crippen molar-refractivity contribution in [3.63, 3.8) is 0 Å². The number of hydrogen-bond acceptors (Lipinski definition) is 0. The van der Waals surface area contributed by atoms with Crippen molar-refractivity contribution in [2.75, 3.05) is 0 Å². The molecule has 0 amide bonds.